The first kappa shape index (κ1) is 11.6. The topological polar surface area (TPSA) is 74.8 Å². The number of rotatable bonds is 2. The quantitative estimate of drug-likeness (QED) is 0.405. The van der Waals surface area contributed by atoms with Crippen molar-refractivity contribution in [3.05, 3.63) is 10.4 Å². The highest BCUT2D eigenvalue weighted by molar-refractivity contribution is 5.85. The van der Waals surface area contributed by atoms with Crippen molar-refractivity contribution in [2.45, 2.75) is 31.7 Å². The lowest BCUT2D eigenvalue weighted by Crippen LogP contribution is -2.22. The van der Waals surface area contributed by atoms with E-state index >= 15 is 0 Å². The fraction of sp³-hybridized carbons (Fsp3) is 1.00. The maximum absolute atomic E-state index is 8.18. The van der Waals surface area contributed by atoms with Gasteiger partial charge in [0.2, 0.25) is 0 Å². The zero-order valence-corrected chi connectivity index (χ0v) is 7.83. The number of azide groups is 1. The summed E-state index contributed by atoms with van der Waals surface area (Å²) < 4.78 is 0. The average molecular weight is 191 g/mol. The second-order valence-electron chi connectivity index (χ2n) is 3.12. The Bertz CT molecular complexity index is 159. The third kappa shape index (κ3) is 3.30. The van der Waals surface area contributed by atoms with Crippen molar-refractivity contribution < 1.29 is 0 Å². The summed E-state index contributed by atoms with van der Waals surface area (Å²) in [5.74, 6) is 0.667. The molecule has 4 nitrogen and oxygen atoms in total. The molecule has 5 heteroatoms. The molecule has 0 aliphatic heterocycles. The lowest BCUT2D eigenvalue weighted by atomic mass is 9.87. The van der Waals surface area contributed by atoms with Crippen LogP contribution in [0.1, 0.15) is 25.7 Å². The third-order valence-corrected chi connectivity index (χ3v) is 2.36. The predicted molar refractivity (Wildman–Crippen MR) is 51.2 cm³/mol. The summed E-state index contributed by atoms with van der Waals surface area (Å²) in [6, 6.07) is 0.239. The largest absolute Gasteiger partial charge is 0.330 e. The van der Waals surface area contributed by atoms with Crippen LogP contribution in [0.25, 0.3) is 10.4 Å². The molecule has 1 aliphatic carbocycles. The van der Waals surface area contributed by atoms with Gasteiger partial charge >= 0.3 is 0 Å². The van der Waals surface area contributed by atoms with E-state index in [1.807, 2.05) is 0 Å². The van der Waals surface area contributed by atoms with Crippen molar-refractivity contribution in [2.24, 2.45) is 16.8 Å². The Labute approximate surface area is 78.5 Å². The van der Waals surface area contributed by atoms with E-state index in [0.29, 0.717) is 5.92 Å². The first-order valence-electron chi connectivity index (χ1n) is 4.11. The molecule has 0 radical (unpaired) electrons. The number of hydrogen-bond donors (Lipinski definition) is 1. The van der Waals surface area contributed by atoms with E-state index in [0.717, 1.165) is 32.2 Å². The summed E-state index contributed by atoms with van der Waals surface area (Å²) >= 11 is 0. The highest BCUT2D eigenvalue weighted by Gasteiger charge is 2.18. The Hall–Kier alpha value is -0.440. The lowest BCUT2D eigenvalue weighted by Gasteiger charge is -2.24. The van der Waals surface area contributed by atoms with E-state index in [9.17, 15) is 0 Å². The minimum atomic E-state index is 0. The minimum Gasteiger partial charge on any atom is -0.330 e. The summed E-state index contributed by atoms with van der Waals surface area (Å²) in [5.41, 5.74) is 13.7. The molecule has 1 aliphatic rings. The van der Waals surface area contributed by atoms with E-state index in [4.69, 9.17) is 11.3 Å². The van der Waals surface area contributed by atoms with Gasteiger partial charge in [0.05, 0.1) is 0 Å². The lowest BCUT2D eigenvalue weighted by molar-refractivity contribution is 0.333. The van der Waals surface area contributed by atoms with Gasteiger partial charge in [0.15, 0.2) is 0 Å². The number of hydrogen-bond acceptors (Lipinski definition) is 2. The van der Waals surface area contributed by atoms with E-state index < -0.39 is 0 Å². The van der Waals surface area contributed by atoms with Gasteiger partial charge in [0.1, 0.15) is 0 Å². The molecular formula is C7H15ClN4. The van der Waals surface area contributed by atoms with Gasteiger partial charge in [-0.2, -0.15) is 0 Å². The molecule has 0 atom stereocenters. The summed E-state index contributed by atoms with van der Waals surface area (Å²) in [6.45, 7) is 0.781. The molecule has 0 heterocycles. The molecule has 0 amide bonds. The van der Waals surface area contributed by atoms with Crippen LogP contribution in [0.3, 0.4) is 0 Å². The van der Waals surface area contributed by atoms with Crippen molar-refractivity contribution >= 4 is 12.4 Å². The molecule has 0 saturated heterocycles. The predicted octanol–water partition coefficient (Wildman–Crippen LogP) is 2.24. The van der Waals surface area contributed by atoms with Crippen molar-refractivity contribution in [3.8, 4) is 0 Å². The summed E-state index contributed by atoms with van der Waals surface area (Å²) in [4.78, 5) is 2.80. The molecule has 0 spiro atoms. The van der Waals surface area contributed by atoms with Crippen LogP contribution in [0.4, 0.5) is 0 Å². The molecule has 1 saturated carbocycles. The summed E-state index contributed by atoms with van der Waals surface area (Å²) in [5, 5.41) is 3.69. The third-order valence-electron chi connectivity index (χ3n) is 2.36. The molecule has 0 aromatic carbocycles. The van der Waals surface area contributed by atoms with Crippen LogP contribution in [-0.4, -0.2) is 12.6 Å². The Morgan fingerprint density at radius 3 is 2.33 bits per heavy atom. The minimum absolute atomic E-state index is 0. The van der Waals surface area contributed by atoms with Crippen LogP contribution in [0, 0.1) is 5.92 Å². The Balaban J connectivity index is 0.00000121. The molecule has 1 rings (SSSR count). The van der Waals surface area contributed by atoms with E-state index in [1.54, 1.807) is 0 Å². The molecule has 0 bridgehead atoms. The average Bonchev–Trinajstić information content (AvgIpc) is 2.07. The van der Waals surface area contributed by atoms with Crippen LogP contribution >= 0.6 is 12.4 Å². The van der Waals surface area contributed by atoms with Gasteiger partial charge in [-0.05, 0) is 43.7 Å². The highest BCUT2D eigenvalue weighted by atomic mass is 35.5. The van der Waals surface area contributed by atoms with E-state index in [2.05, 4.69) is 10.0 Å². The molecule has 70 valence electrons. The van der Waals surface area contributed by atoms with E-state index in [1.165, 1.54) is 0 Å². The molecule has 0 unspecified atom stereocenters. The molecule has 12 heavy (non-hydrogen) atoms. The first-order chi connectivity index (χ1) is 5.36. The second kappa shape index (κ2) is 6.12. The number of halogens is 1. The molecule has 2 N–H and O–H groups in total. The zero-order chi connectivity index (χ0) is 8.10. The van der Waals surface area contributed by atoms with Gasteiger partial charge in [-0.15, -0.1) is 12.4 Å². The molecule has 0 aromatic rings. The monoisotopic (exact) mass is 190 g/mol. The maximum Gasteiger partial charge on any atom is 0.0374 e. The van der Waals surface area contributed by atoms with Crippen LogP contribution in [0.5, 0.6) is 0 Å². The van der Waals surface area contributed by atoms with Gasteiger partial charge in [-0.1, -0.05) is 5.11 Å². The summed E-state index contributed by atoms with van der Waals surface area (Å²) in [7, 11) is 0. The second-order valence-corrected chi connectivity index (χ2v) is 3.12. The smallest absolute Gasteiger partial charge is 0.0374 e. The first-order valence-corrected chi connectivity index (χ1v) is 4.11. The van der Waals surface area contributed by atoms with Crippen molar-refractivity contribution in [3.63, 3.8) is 0 Å². The van der Waals surface area contributed by atoms with Crippen molar-refractivity contribution in [1.82, 2.24) is 0 Å². The van der Waals surface area contributed by atoms with Gasteiger partial charge in [0.25, 0.3) is 0 Å². The Morgan fingerprint density at radius 1 is 1.33 bits per heavy atom. The van der Waals surface area contributed by atoms with Crippen molar-refractivity contribution in [1.29, 1.82) is 0 Å². The standard InChI is InChI=1S/C7H14N4.ClH/c8-5-6-1-3-7(4-2-6)10-11-9;/h6-7H,1-5,8H2;1H. The Morgan fingerprint density at radius 2 is 1.92 bits per heavy atom. The zero-order valence-electron chi connectivity index (χ0n) is 7.02. The van der Waals surface area contributed by atoms with Crippen LogP contribution in [0.15, 0.2) is 5.11 Å². The molecular weight excluding hydrogens is 176 g/mol. The SMILES string of the molecule is Cl.[N-]=[N+]=NC1CCC(CN)CC1. The maximum atomic E-state index is 8.18. The summed E-state index contributed by atoms with van der Waals surface area (Å²) in [6.07, 6.45) is 4.29. The number of nitrogens with two attached hydrogens (primary N) is 1. The normalized spacial score (nSPS) is 28.4. The molecule has 1 fully saturated rings. The van der Waals surface area contributed by atoms with Crippen LogP contribution < -0.4 is 5.73 Å². The van der Waals surface area contributed by atoms with Gasteiger partial charge in [-0.3, -0.25) is 0 Å². The Kier molecular flexibility index (Phi) is 5.89. The van der Waals surface area contributed by atoms with Crippen molar-refractivity contribution in [2.75, 3.05) is 6.54 Å². The molecule has 0 aromatic heterocycles. The van der Waals surface area contributed by atoms with Crippen LogP contribution in [-0.2, 0) is 0 Å². The highest BCUT2D eigenvalue weighted by Crippen LogP contribution is 2.25. The van der Waals surface area contributed by atoms with Gasteiger partial charge < -0.3 is 5.73 Å². The fourth-order valence-corrected chi connectivity index (χ4v) is 1.57. The van der Waals surface area contributed by atoms with E-state index in [-0.39, 0.29) is 18.4 Å². The van der Waals surface area contributed by atoms with Gasteiger partial charge in [-0.25, -0.2) is 0 Å². The van der Waals surface area contributed by atoms with Crippen LogP contribution in [0.2, 0.25) is 0 Å². The fourth-order valence-electron chi connectivity index (χ4n) is 1.57. The number of nitrogens with zero attached hydrogens (tertiary/aromatic N) is 3. The van der Waals surface area contributed by atoms with Gasteiger partial charge in [0, 0.05) is 11.0 Å².